The number of nitrogen functional groups attached to an aromatic ring is 1. The number of benzene rings is 2. The molecular weight excluding hydrogens is 522 g/mol. The summed E-state index contributed by atoms with van der Waals surface area (Å²) in [6.45, 7) is 3.05. The first-order valence-electron chi connectivity index (χ1n) is 14.0. The number of halogens is 1. The van der Waals surface area contributed by atoms with Crippen molar-refractivity contribution in [3.05, 3.63) is 83.1 Å². The van der Waals surface area contributed by atoms with E-state index in [0.717, 1.165) is 59.6 Å². The van der Waals surface area contributed by atoms with Gasteiger partial charge in [-0.1, -0.05) is 41.9 Å². The van der Waals surface area contributed by atoms with Crippen LogP contribution in [0.25, 0.3) is 22.0 Å². The minimum absolute atomic E-state index is 0.131. The Bertz CT molecular complexity index is 1430. The van der Waals surface area contributed by atoms with Gasteiger partial charge in [0.1, 0.15) is 5.82 Å². The molecule has 0 spiro atoms. The molecule has 3 heterocycles. The number of fused-ring (bicyclic) bond motifs is 1. The highest BCUT2D eigenvalue weighted by atomic mass is 35.5. The molecule has 0 radical (unpaired) electrons. The molecule has 2 aromatic carbocycles. The van der Waals surface area contributed by atoms with E-state index < -0.39 is 0 Å². The molecule has 8 heteroatoms. The molecule has 40 heavy (non-hydrogen) atoms. The Hall–Kier alpha value is -3.39. The number of hydrogen-bond acceptors (Lipinski definition) is 5. The van der Waals surface area contributed by atoms with Crippen LogP contribution in [0.15, 0.2) is 66.9 Å². The van der Waals surface area contributed by atoms with Crippen molar-refractivity contribution in [2.24, 2.45) is 5.73 Å². The molecular formula is C32H38ClN5O2. The van der Waals surface area contributed by atoms with Crippen LogP contribution in [0, 0.1) is 0 Å². The molecule has 1 fully saturated rings. The van der Waals surface area contributed by atoms with Crippen molar-refractivity contribution in [3.63, 3.8) is 0 Å². The number of carbonyl (C=O) groups excluding carboxylic acids is 1. The van der Waals surface area contributed by atoms with Gasteiger partial charge in [0.25, 0.3) is 0 Å². The summed E-state index contributed by atoms with van der Waals surface area (Å²) in [5.41, 5.74) is 17.8. The zero-order valence-corrected chi connectivity index (χ0v) is 23.8. The Kier molecular flexibility index (Phi) is 9.04. The highest BCUT2D eigenvalue weighted by Crippen LogP contribution is 2.33. The lowest BCUT2D eigenvalue weighted by Gasteiger charge is -2.34. The van der Waals surface area contributed by atoms with Crippen LogP contribution in [0.5, 0.6) is 0 Å². The molecule has 2 aromatic heterocycles. The molecule has 7 nitrogen and oxygen atoms in total. The van der Waals surface area contributed by atoms with Gasteiger partial charge < -0.3 is 25.7 Å². The number of rotatable bonds is 10. The molecule has 1 unspecified atom stereocenters. The SMILES string of the molecule is COCCCn1c(C2CCCN(C(=O)C[C@H](N)Cc3ccc(-c4ccc(N)nc4)cc3)C2)cc2ccc(Cl)cc21. The second kappa shape index (κ2) is 12.9. The van der Waals surface area contributed by atoms with Crippen LogP contribution in [0.2, 0.25) is 5.02 Å². The second-order valence-electron chi connectivity index (χ2n) is 10.8. The monoisotopic (exact) mass is 559 g/mol. The van der Waals surface area contributed by atoms with Gasteiger partial charge in [-0.3, -0.25) is 4.79 Å². The number of methoxy groups -OCH3 is 1. The minimum Gasteiger partial charge on any atom is -0.385 e. The Morgan fingerprint density at radius 2 is 1.93 bits per heavy atom. The molecule has 5 rings (SSSR count). The molecule has 4 aromatic rings. The summed E-state index contributed by atoms with van der Waals surface area (Å²) in [6.07, 6.45) is 5.71. The summed E-state index contributed by atoms with van der Waals surface area (Å²) >= 11 is 6.35. The first-order chi connectivity index (χ1) is 19.4. The molecule has 4 N–H and O–H groups in total. The summed E-state index contributed by atoms with van der Waals surface area (Å²) in [7, 11) is 1.73. The van der Waals surface area contributed by atoms with Crippen molar-refractivity contribution in [2.75, 3.05) is 32.5 Å². The summed E-state index contributed by atoms with van der Waals surface area (Å²) in [4.78, 5) is 19.5. The number of ether oxygens (including phenoxy) is 1. The molecule has 1 aliphatic heterocycles. The second-order valence-corrected chi connectivity index (χ2v) is 11.2. The number of anilines is 1. The lowest BCUT2D eigenvalue weighted by Crippen LogP contribution is -2.42. The van der Waals surface area contributed by atoms with Gasteiger partial charge in [-0.2, -0.15) is 0 Å². The largest absolute Gasteiger partial charge is 0.385 e. The number of nitrogens with two attached hydrogens (primary N) is 2. The molecule has 1 aliphatic rings. The number of piperidine rings is 1. The summed E-state index contributed by atoms with van der Waals surface area (Å²) in [6, 6.07) is 20.1. The average molecular weight is 560 g/mol. The third-order valence-corrected chi connectivity index (χ3v) is 8.06. The maximum atomic E-state index is 13.3. The van der Waals surface area contributed by atoms with Crippen molar-refractivity contribution in [2.45, 2.75) is 50.6 Å². The van der Waals surface area contributed by atoms with Crippen LogP contribution in [0.1, 0.15) is 42.9 Å². The maximum absolute atomic E-state index is 13.3. The van der Waals surface area contributed by atoms with E-state index in [2.05, 4.69) is 45.9 Å². The number of pyridine rings is 1. The number of likely N-dealkylation sites (tertiary alicyclic amines) is 1. The molecule has 1 amide bonds. The van der Waals surface area contributed by atoms with Gasteiger partial charge in [-0.05, 0) is 72.5 Å². The Labute approximate surface area is 241 Å². The Morgan fingerprint density at radius 3 is 2.67 bits per heavy atom. The van der Waals surface area contributed by atoms with E-state index in [4.69, 9.17) is 27.8 Å². The number of hydrogen-bond donors (Lipinski definition) is 2. The number of nitrogens with zero attached hydrogens (tertiary/aromatic N) is 3. The number of carbonyl (C=O) groups is 1. The van der Waals surface area contributed by atoms with Crippen LogP contribution in [-0.2, 0) is 22.5 Å². The van der Waals surface area contributed by atoms with Crippen LogP contribution in [-0.4, -0.2) is 53.2 Å². The highest BCUT2D eigenvalue weighted by Gasteiger charge is 2.28. The molecule has 2 atom stereocenters. The first kappa shape index (κ1) is 28.1. The quantitative estimate of drug-likeness (QED) is 0.245. The van der Waals surface area contributed by atoms with E-state index in [1.807, 2.05) is 23.1 Å². The van der Waals surface area contributed by atoms with Crippen LogP contribution in [0.3, 0.4) is 0 Å². The third kappa shape index (κ3) is 6.66. The van der Waals surface area contributed by atoms with Crippen molar-refractivity contribution in [3.8, 4) is 11.1 Å². The van der Waals surface area contributed by atoms with Crippen molar-refractivity contribution >= 4 is 34.2 Å². The lowest BCUT2D eigenvalue weighted by atomic mass is 9.93. The van der Waals surface area contributed by atoms with E-state index >= 15 is 0 Å². The average Bonchev–Trinajstić information content (AvgIpc) is 3.31. The highest BCUT2D eigenvalue weighted by molar-refractivity contribution is 6.31. The smallest absolute Gasteiger partial charge is 0.224 e. The minimum atomic E-state index is -0.237. The van der Waals surface area contributed by atoms with Gasteiger partial charge in [0.05, 0.1) is 0 Å². The van der Waals surface area contributed by atoms with E-state index in [1.165, 1.54) is 11.1 Å². The zero-order chi connectivity index (χ0) is 28.1. The standard InChI is InChI=1S/C32H38ClN5O2/c1-40-15-3-14-38-29(17-24-9-11-27(33)18-30(24)38)26-4-2-13-37(21-26)32(39)19-28(34)16-22-5-7-23(8-6-22)25-10-12-31(35)36-20-25/h5-12,17-18,20,26,28H,2-4,13-16,19,21,34H2,1H3,(H2,35,36)/t26?,28-/m1/s1. The van der Waals surface area contributed by atoms with E-state index in [1.54, 1.807) is 19.4 Å². The number of aryl methyl sites for hydroxylation is 1. The predicted molar refractivity (Wildman–Crippen MR) is 162 cm³/mol. The molecule has 210 valence electrons. The van der Waals surface area contributed by atoms with Crippen molar-refractivity contribution in [1.82, 2.24) is 14.5 Å². The van der Waals surface area contributed by atoms with Gasteiger partial charge >= 0.3 is 0 Å². The number of aromatic nitrogens is 2. The van der Waals surface area contributed by atoms with E-state index in [-0.39, 0.29) is 17.9 Å². The summed E-state index contributed by atoms with van der Waals surface area (Å²) in [5.74, 6) is 0.912. The summed E-state index contributed by atoms with van der Waals surface area (Å²) in [5, 5.41) is 1.91. The van der Waals surface area contributed by atoms with Crippen LogP contribution in [0.4, 0.5) is 5.82 Å². The lowest BCUT2D eigenvalue weighted by molar-refractivity contribution is -0.132. The van der Waals surface area contributed by atoms with E-state index in [0.29, 0.717) is 31.8 Å². The fraction of sp³-hybridized carbons (Fsp3) is 0.375. The maximum Gasteiger partial charge on any atom is 0.224 e. The first-order valence-corrected chi connectivity index (χ1v) is 14.4. The Morgan fingerprint density at radius 1 is 1.12 bits per heavy atom. The normalized spacial score (nSPS) is 16.4. The number of amides is 1. The molecule has 0 saturated carbocycles. The van der Waals surface area contributed by atoms with Gasteiger partial charge in [-0.25, -0.2) is 4.98 Å². The van der Waals surface area contributed by atoms with Crippen LogP contribution >= 0.6 is 11.6 Å². The van der Waals surface area contributed by atoms with Gasteiger partial charge in [0.15, 0.2) is 0 Å². The fourth-order valence-electron chi connectivity index (χ4n) is 5.79. The van der Waals surface area contributed by atoms with E-state index in [9.17, 15) is 4.79 Å². The third-order valence-electron chi connectivity index (χ3n) is 7.83. The van der Waals surface area contributed by atoms with Crippen molar-refractivity contribution in [1.29, 1.82) is 0 Å². The molecule has 0 aliphatic carbocycles. The summed E-state index contributed by atoms with van der Waals surface area (Å²) < 4.78 is 7.68. The van der Waals surface area contributed by atoms with Gasteiger partial charge in [0.2, 0.25) is 5.91 Å². The van der Waals surface area contributed by atoms with Gasteiger partial charge in [0, 0.05) is 79.7 Å². The molecule has 0 bridgehead atoms. The van der Waals surface area contributed by atoms with Crippen LogP contribution < -0.4 is 11.5 Å². The Balaban J connectivity index is 1.22. The molecule has 1 saturated heterocycles. The van der Waals surface area contributed by atoms with Crippen molar-refractivity contribution < 1.29 is 9.53 Å². The van der Waals surface area contributed by atoms with Gasteiger partial charge in [-0.15, -0.1) is 0 Å². The fourth-order valence-corrected chi connectivity index (χ4v) is 5.95. The predicted octanol–water partition coefficient (Wildman–Crippen LogP) is 5.64. The topological polar surface area (TPSA) is 99.4 Å². The zero-order valence-electron chi connectivity index (χ0n) is 23.1.